The molecular formula is C21H17FN2O2. The summed E-state index contributed by atoms with van der Waals surface area (Å²) in [5, 5.41) is 6.59. The first-order valence-corrected chi connectivity index (χ1v) is 8.07. The van der Waals surface area contributed by atoms with Crippen LogP contribution in [0.1, 0.15) is 21.5 Å². The highest BCUT2D eigenvalue weighted by atomic mass is 19.1. The number of carbonyl (C=O) groups is 1. The van der Waals surface area contributed by atoms with Crippen molar-refractivity contribution in [3.05, 3.63) is 101 Å². The van der Waals surface area contributed by atoms with Gasteiger partial charge in [0.1, 0.15) is 12.4 Å². The van der Waals surface area contributed by atoms with Gasteiger partial charge in [-0.15, -0.1) is 0 Å². The molecule has 0 aromatic heterocycles. The third-order valence-electron chi connectivity index (χ3n) is 3.65. The SMILES string of the molecule is O=C(Nc1ccccc1)c1ccc(CO/N=C\c2ccccc2F)cc1. The van der Waals surface area contributed by atoms with Crippen molar-refractivity contribution in [1.82, 2.24) is 0 Å². The molecule has 0 bridgehead atoms. The largest absolute Gasteiger partial charge is 0.391 e. The van der Waals surface area contributed by atoms with E-state index in [0.717, 1.165) is 11.3 Å². The molecule has 0 unspecified atom stereocenters. The summed E-state index contributed by atoms with van der Waals surface area (Å²) in [4.78, 5) is 17.3. The maximum Gasteiger partial charge on any atom is 0.255 e. The summed E-state index contributed by atoms with van der Waals surface area (Å²) in [6, 6.07) is 22.6. The van der Waals surface area contributed by atoms with E-state index in [9.17, 15) is 9.18 Å². The van der Waals surface area contributed by atoms with E-state index < -0.39 is 0 Å². The van der Waals surface area contributed by atoms with Crippen molar-refractivity contribution in [3.63, 3.8) is 0 Å². The minimum atomic E-state index is -0.353. The van der Waals surface area contributed by atoms with E-state index in [1.54, 1.807) is 42.5 Å². The monoisotopic (exact) mass is 348 g/mol. The van der Waals surface area contributed by atoms with E-state index in [1.807, 2.05) is 30.3 Å². The van der Waals surface area contributed by atoms with Crippen molar-refractivity contribution in [2.24, 2.45) is 5.16 Å². The molecule has 5 heteroatoms. The molecule has 0 fully saturated rings. The van der Waals surface area contributed by atoms with E-state index in [2.05, 4.69) is 10.5 Å². The fraction of sp³-hybridized carbons (Fsp3) is 0.0476. The highest BCUT2D eigenvalue weighted by Gasteiger charge is 2.05. The van der Waals surface area contributed by atoms with Gasteiger partial charge in [-0.3, -0.25) is 4.79 Å². The van der Waals surface area contributed by atoms with Gasteiger partial charge in [0.25, 0.3) is 5.91 Å². The number of hydrogen-bond acceptors (Lipinski definition) is 3. The van der Waals surface area contributed by atoms with Gasteiger partial charge in [-0.05, 0) is 35.9 Å². The highest BCUT2D eigenvalue weighted by molar-refractivity contribution is 6.04. The van der Waals surface area contributed by atoms with E-state index in [1.165, 1.54) is 12.3 Å². The van der Waals surface area contributed by atoms with E-state index >= 15 is 0 Å². The van der Waals surface area contributed by atoms with Crippen molar-refractivity contribution in [1.29, 1.82) is 0 Å². The quantitative estimate of drug-likeness (QED) is 0.522. The molecule has 1 amide bonds. The molecule has 130 valence electrons. The number of oxime groups is 1. The molecule has 0 spiro atoms. The zero-order chi connectivity index (χ0) is 18.2. The Hall–Kier alpha value is -3.47. The Morgan fingerprint density at radius 3 is 2.38 bits per heavy atom. The molecule has 0 aliphatic heterocycles. The number of benzene rings is 3. The van der Waals surface area contributed by atoms with Gasteiger partial charge < -0.3 is 10.2 Å². The first-order valence-electron chi connectivity index (χ1n) is 8.07. The van der Waals surface area contributed by atoms with Gasteiger partial charge in [-0.25, -0.2) is 4.39 Å². The minimum Gasteiger partial charge on any atom is -0.391 e. The molecule has 0 saturated carbocycles. The molecule has 4 nitrogen and oxygen atoms in total. The number of hydrogen-bond donors (Lipinski definition) is 1. The number of anilines is 1. The van der Waals surface area contributed by atoms with Crippen LogP contribution in [0.25, 0.3) is 0 Å². The average Bonchev–Trinajstić information content (AvgIpc) is 2.68. The lowest BCUT2D eigenvalue weighted by Crippen LogP contribution is -2.11. The van der Waals surface area contributed by atoms with Crippen LogP contribution in [-0.4, -0.2) is 12.1 Å². The van der Waals surface area contributed by atoms with Crippen molar-refractivity contribution < 1.29 is 14.0 Å². The van der Waals surface area contributed by atoms with Crippen LogP contribution in [0.15, 0.2) is 84.0 Å². The number of rotatable bonds is 6. The maximum absolute atomic E-state index is 13.4. The topological polar surface area (TPSA) is 50.7 Å². The summed E-state index contributed by atoms with van der Waals surface area (Å²) >= 11 is 0. The molecule has 0 aliphatic carbocycles. The van der Waals surface area contributed by atoms with E-state index in [4.69, 9.17) is 4.84 Å². The van der Waals surface area contributed by atoms with Gasteiger partial charge in [0.05, 0.1) is 6.21 Å². The molecule has 1 N–H and O–H groups in total. The zero-order valence-corrected chi connectivity index (χ0v) is 13.9. The van der Waals surface area contributed by atoms with Crippen LogP contribution in [0.5, 0.6) is 0 Å². The highest BCUT2D eigenvalue weighted by Crippen LogP contribution is 2.11. The first kappa shape index (κ1) is 17.4. The summed E-state index contributed by atoms with van der Waals surface area (Å²) in [7, 11) is 0. The molecule has 0 saturated heterocycles. The summed E-state index contributed by atoms with van der Waals surface area (Å²) < 4.78 is 13.4. The Kier molecular flexibility index (Phi) is 5.72. The normalized spacial score (nSPS) is 10.7. The van der Waals surface area contributed by atoms with Crippen LogP contribution in [0.2, 0.25) is 0 Å². The number of halogens is 1. The van der Waals surface area contributed by atoms with Crippen molar-refractivity contribution in [2.75, 3.05) is 5.32 Å². The molecule has 26 heavy (non-hydrogen) atoms. The minimum absolute atomic E-state index is 0.179. The number of nitrogens with one attached hydrogen (secondary N) is 1. The summed E-state index contributed by atoms with van der Waals surface area (Å²) in [6.07, 6.45) is 1.33. The molecule has 0 atom stereocenters. The van der Waals surface area contributed by atoms with Crippen molar-refractivity contribution in [2.45, 2.75) is 6.61 Å². The summed E-state index contributed by atoms with van der Waals surface area (Å²) in [5.41, 5.74) is 2.51. The predicted octanol–water partition coefficient (Wildman–Crippen LogP) is 4.63. The van der Waals surface area contributed by atoms with Gasteiger partial charge in [0, 0.05) is 16.8 Å². The molecule has 0 radical (unpaired) electrons. The van der Waals surface area contributed by atoms with Gasteiger partial charge in [0.2, 0.25) is 0 Å². The zero-order valence-electron chi connectivity index (χ0n) is 13.9. The lowest BCUT2D eigenvalue weighted by Gasteiger charge is -2.06. The van der Waals surface area contributed by atoms with E-state index in [0.29, 0.717) is 11.1 Å². The van der Waals surface area contributed by atoms with Gasteiger partial charge in [-0.2, -0.15) is 0 Å². The van der Waals surface area contributed by atoms with Crippen LogP contribution >= 0.6 is 0 Å². The third kappa shape index (κ3) is 4.77. The second kappa shape index (κ2) is 8.58. The fourth-order valence-corrected chi connectivity index (χ4v) is 2.26. The Morgan fingerprint density at radius 1 is 0.962 bits per heavy atom. The standard InChI is InChI=1S/C21H17FN2O2/c22-20-9-5-4-6-18(20)14-23-26-15-16-10-12-17(13-11-16)21(25)24-19-7-2-1-3-8-19/h1-14H,15H2,(H,24,25)/b23-14-. The smallest absolute Gasteiger partial charge is 0.255 e. The Morgan fingerprint density at radius 2 is 1.65 bits per heavy atom. The number of carbonyl (C=O) groups excluding carboxylic acids is 1. The van der Waals surface area contributed by atoms with E-state index in [-0.39, 0.29) is 18.3 Å². The Bertz CT molecular complexity index is 893. The number of para-hydroxylation sites is 1. The van der Waals surface area contributed by atoms with Crippen LogP contribution in [0.3, 0.4) is 0 Å². The third-order valence-corrected chi connectivity index (χ3v) is 3.65. The van der Waals surface area contributed by atoms with Gasteiger partial charge in [-0.1, -0.05) is 53.7 Å². The Balaban J connectivity index is 1.53. The van der Waals surface area contributed by atoms with Gasteiger partial charge >= 0.3 is 0 Å². The molecule has 0 heterocycles. The summed E-state index contributed by atoms with van der Waals surface area (Å²) in [6.45, 7) is 0.228. The lowest BCUT2D eigenvalue weighted by atomic mass is 10.1. The number of nitrogens with zero attached hydrogens (tertiary/aromatic N) is 1. The molecule has 3 aromatic rings. The Labute approximate surface area is 150 Å². The molecule has 3 rings (SSSR count). The number of amides is 1. The van der Waals surface area contributed by atoms with Crippen LogP contribution < -0.4 is 5.32 Å². The molecule has 3 aromatic carbocycles. The molecule has 0 aliphatic rings. The second-order valence-electron chi connectivity index (χ2n) is 5.55. The van der Waals surface area contributed by atoms with Gasteiger partial charge in [0.15, 0.2) is 0 Å². The fourth-order valence-electron chi connectivity index (χ4n) is 2.26. The predicted molar refractivity (Wildman–Crippen MR) is 99.6 cm³/mol. The average molecular weight is 348 g/mol. The summed E-state index contributed by atoms with van der Waals surface area (Å²) in [5.74, 6) is -0.533. The molecular weight excluding hydrogens is 331 g/mol. The van der Waals surface area contributed by atoms with Crippen molar-refractivity contribution in [3.8, 4) is 0 Å². The van der Waals surface area contributed by atoms with Crippen LogP contribution in [0.4, 0.5) is 10.1 Å². The second-order valence-corrected chi connectivity index (χ2v) is 5.55. The first-order chi connectivity index (χ1) is 12.7. The van der Waals surface area contributed by atoms with Crippen LogP contribution in [0, 0.1) is 5.82 Å². The van der Waals surface area contributed by atoms with Crippen molar-refractivity contribution >= 4 is 17.8 Å². The maximum atomic E-state index is 13.4. The lowest BCUT2D eigenvalue weighted by molar-refractivity contribution is 0.102. The van der Waals surface area contributed by atoms with Crippen LogP contribution in [-0.2, 0) is 11.4 Å².